The van der Waals surface area contributed by atoms with Crippen LogP contribution in [0.4, 0.5) is 0 Å². The molecule has 1 atom stereocenters. The third kappa shape index (κ3) is 5.00. The smallest absolute Gasteiger partial charge is 0.272 e. The molecule has 27 heavy (non-hydrogen) atoms. The van der Waals surface area contributed by atoms with Gasteiger partial charge >= 0.3 is 0 Å². The lowest BCUT2D eigenvalue weighted by atomic mass is 10.2. The molecule has 0 saturated carbocycles. The van der Waals surface area contributed by atoms with Crippen LogP contribution in [0.5, 0.6) is 0 Å². The van der Waals surface area contributed by atoms with Crippen LogP contribution < -0.4 is 0 Å². The molecule has 0 spiro atoms. The van der Waals surface area contributed by atoms with Gasteiger partial charge < -0.3 is 4.43 Å². The van der Waals surface area contributed by atoms with Crippen LogP contribution >= 0.6 is 0 Å². The van der Waals surface area contributed by atoms with E-state index >= 15 is 0 Å². The van der Waals surface area contributed by atoms with Gasteiger partial charge in [-0.1, -0.05) is 44.1 Å². The van der Waals surface area contributed by atoms with Crippen LogP contribution in [0.2, 0.25) is 18.1 Å². The Balaban J connectivity index is 2.16. The van der Waals surface area contributed by atoms with E-state index in [9.17, 15) is 13.7 Å². The average Bonchev–Trinajstić information content (AvgIpc) is 3.09. The Labute approximate surface area is 161 Å². The molecule has 0 radical (unpaired) electrons. The van der Waals surface area contributed by atoms with Crippen LogP contribution in [0.25, 0.3) is 5.69 Å². The highest BCUT2D eigenvalue weighted by Crippen LogP contribution is 2.37. The molecule has 0 N–H and O–H groups in total. The maximum atomic E-state index is 12.8. The largest absolute Gasteiger partial charge is 0.401 e. The number of sulfone groups is 1. The fourth-order valence-electron chi connectivity index (χ4n) is 2.14. The molecular formula is C17H25N5O3SSi. The van der Waals surface area contributed by atoms with E-state index in [0.29, 0.717) is 5.69 Å². The summed E-state index contributed by atoms with van der Waals surface area (Å²) < 4.78 is 32.7. The molecule has 2 rings (SSSR count). The van der Waals surface area contributed by atoms with Gasteiger partial charge in [0.2, 0.25) is 9.84 Å². The molecule has 0 saturated heterocycles. The highest BCUT2D eigenvalue weighted by Gasteiger charge is 2.39. The molecule has 0 aliphatic carbocycles. The Hall–Kier alpha value is -2.09. The third-order valence-electron chi connectivity index (χ3n) is 4.76. The average molecular weight is 408 g/mol. The maximum absolute atomic E-state index is 12.8. The summed E-state index contributed by atoms with van der Waals surface area (Å²) in [5, 5.41) is 20.1. The highest BCUT2D eigenvalue weighted by atomic mass is 32.2. The van der Waals surface area contributed by atoms with Crippen molar-refractivity contribution in [3.05, 3.63) is 30.3 Å². The molecule has 0 fully saturated rings. The minimum Gasteiger partial charge on any atom is -0.401 e. The van der Waals surface area contributed by atoms with Crippen molar-refractivity contribution in [1.29, 1.82) is 5.26 Å². The normalized spacial score (nSPS) is 13.9. The minimum absolute atomic E-state index is 0.0625. The molecular weight excluding hydrogens is 382 g/mol. The van der Waals surface area contributed by atoms with E-state index < -0.39 is 24.3 Å². The van der Waals surface area contributed by atoms with Gasteiger partial charge in [-0.15, -0.1) is 0 Å². The second-order valence-corrected chi connectivity index (χ2v) is 14.6. The zero-order chi connectivity index (χ0) is 20.3. The summed E-state index contributed by atoms with van der Waals surface area (Å²) in [6.07, 6.45) is -0.728. The summed E-state index contributed by atoms with van der Waals surface area (Å²) in [5.74, 6) is -0.271. The molecule has 0 bridgehead atoms. The van der Waals surface area contributed by atoms with Crippen LogP contribution in [-0.2, 0) is 14.3 Å². The Morgan fingerprint density at radius 3 is 2.44 bits per heavy atom. The van der Waals surface area contributed by atoms with Gasteiger partial charge in [-0.3, -0.25) is 0 Å². The lowest BCUT2D eigenvalue weighted by Gasteiger charge is -2.37. The first-order chi connectivity index (χ1) is 12.5. The Kier molecular flexibility index (Phi) is 6.19. The van der Waals surface area contributed by atoms with E-state index in [-0.39, 0.29) is 22.4 Å². The van der Waals surface area contributed by atoms with E-state index in [4.69, 9.17) is 4.43 Å². The van der Waals surface area contributed by atoms with Crippen LogP contribution in [0.1, 0.15) is 27.2 Å². The van der Waals surface area contributed by atoms with Crippen molar-refractivity contribution in [2.45, 2.75) is 56.6 Å². The van der Waals surface area contributed by atoms with Gasteiger partial charge in [0.05, 0.1) is 17.5 Å². The van der Waals surface area contributed by atoms with Crippen LogP contribution in [0.15, 0.2) is 35.5 Å². The standard InChI is InChI=1S/C17H25N5O3SSi/c1-17(2,3)27(4,5)25-15(13-18)11-12-26(23,24)16-19-20-21-22(16)14-9-7-6-8-10-14/h6-10,15H,11-12H2,1-5H3/t15-/m0/s1. The Morgan fingerprint density at radius 1 is 1.26 bits per heavy atom. The summed E-state index contributed by atoms with van der Waals surface area (Å²) in [6, 6.07) is 10.9. The van der Waals surface area contributed by atoms with Crippen LogP contribution in [0, 0.1) is 11.3 Å². The van der Waals surface area contributed by atoms with E-state index in [1.54, 1.807) is 24.3 Å². The number of nitrogens with zero attached hydrogens (tertiary/aromatic N) is 5. The van der Waals surface area contributed by atoms with Crippen molar-refractivity contribution in [3.8, 4) is 11.8 Å². The van der Waals surface area contributed by atoms with Crippen molar-refractivity contribution in [3.63, 3.8) is 0 Å². The van der Waals surface area contributed by atoms with Gasteiger partial charge in [-0.05, 0) is 40.7 Å². The predicted molar refractivity (Wildman–Crippen MR) is 104 cm³/mol. The van der Waals surface area contributed by atoms with Crippen molar-refractivity contribution in [2.24, 2.45) is 0 Å². The molecule has 0 aliphatic heterocycles. The van der Waals surface area contributed by atoms with Gasteiger partial charge in [0.15, 0.2) is 8.32 Å². The fourth-order valence-corrected chi connectivity index (χ4v) is 4.65. The summed E-state index contributed by atoms with van der Waals surface area (Å²) in [7, 11) is -5.96. The molecule has 0 unspecified atom stereocenters. The monoisotopic (exact) mass is 407 g/mol. The highest BCUT2D eigenvalue weighted by molar-refractivity contribution is 7.91. The second kappa shape index (κ2) is 7.88. The molecule has 0 amide bonds. The van der Waals surface area contributed by atoms with Gasteiger partial charge in [0, 0.05) is 6.42 Å². The van der Waals surface area contributed by atoms with Gasteiger partial charge in [0.1, 0.15) is 6.10 Å². The Bertz CT molecular complexity index is 914. The molecule has 8 nitrogen and oxygen atoms in total. The fraction of sp³-hybridized carbons (Fsp3) is 0.529. The Morgan fingerprint density at radius 2 is 1.89 bits per heavy atom. The molecule has 2 aromatic rings. The number of nitriles is 1. The van der Waals surface area contributed by atoms with Crippen LogP contribution in [-0.4, -0.2) is 48.8 Å². The number of para-hydroxylation sites is 1. The lowest BCUT2D eigenvalue weighted by Crippen LogP contribution is -2.44. The number of hydrogen-bond acceptors (Lipinski definition) is 7. The molecule has 1 aromatic carbocycles. The molecule has 1 heterocycles. The van der Waals surface area contributed by atoms with E-state index in [2.05, 4.69) is 42.4 Å². The summed E-state index contributed by atoms with van der Waals surface area (Å²) in [5.41, 5.74) is 0.551. The number of benzene rings is 1. The van der Waals surface area contributed by atoms with E-state index in [1.165, 1.54) is 4.68 Å². The van der Waals surface area contributed by atoms with Gasteiger partial charge in [0.25, 0.3) is 5.16 Å². The minimum atomic E-state index is -3.78. The predicted octanol–water partition coefficient (Wildman–Crippen LogP) is 2.74. The van der Waals surface area contributed by atoms with Crippen LogP contribution in [0.3, 0.4) is 0 Å². The summed E-state index contributed by atoms with van der Waals surface area (Å²) in [4.78, 5) is 0. The zero-order valence-electron chi connectivity index (χ0n) is 16.2. The SMILES string of the molecule is CC(C)(C)[Si](C)(C)O[C@H](C#N)CCS(=O)(=O)c1nnnn1-c1ccccc1. The molecule has 146 valence electrons. The summed E-state index contributed by atoms with van der Waals surface area (Å²) >= 11 is 0. The zero-order valence-corrected chi connectivity index (χ0v) is 18.1. The molecule has 10 heteroatoms. The topological polar surface area (TPSA) is 111 Å². The van der Waals surface area contributed by atoms with Crippen molar-refractivity contribution in [1.82, 2.24) is 20.2 Å². The van der Waals surface area contributed by atoms with E-state index in [0.717, 1.165) is 0 Å². The number of rotatable bonds is 7. The van der Waals surface area contributed by atoms with E-state index in [1.807, 2.05) is 19.2 Å². The number of tetrazole rings is 1. The molecule has 0 aliphatic rings. The summed E-state index contributed by atoms with van der Waals surface area (Å²) in [6.45, 7) is 10.3. The first-order valence-corrected chi connectivity index (χ1v) is 13.2. The van der Waals surface area contributed by atoms with Crippen molar-refractivity contribution < 1.29 is 12.8 Å². The number of aromatic nitrogens is 4. The first kappa shape index (κ1) is 21.2. The second-order valence-electron chi connectivity index (χ2n) is 7.81. The van der Waals surface area contributed by atoms with Crippen molar-refractivity contribution in [2.75, 3.05) is 5.75 Å². The lowest BCUT2D eigenvalue weighted by molar-refractivity contribution is 0.227. The molecule has 1 aromatic heterocycles. The first-order valence-electron chi connectivity index (χ1n) is 8.62. The van der Waals surface area contributed by atoms with Crippen molar-refractivity contribution >= 4 is 18.2 Å². The number of hydrogen-bond donors (Lipinski definition) is 0. The van der Waals surface area contributed by atoms with Gasteiger partial charge in [-0.2, -0.15) is 9.94 Å². The quantitative estimate of drug-likeness (QED) is 0.649. The van der Waals surface area contributed by atoms with Gasteiger partial charge in [-0.25, -0.2) is 8.42 Å². The maximum Gasteiger partial charge on any atom is 0.272 e. The third-order valence-corrected chi connectivity index (χ3v) is 10.8.